The molecule has 2 aromatic carbocycles. The molecule has 5 heteroatoms. The molecule has 138 valence electrons. The minimum absolute atomic E-state index is 0.130. The first-order valence-electron chi connectivity index (χ1n) is 8.71. The molecule has 4 nitrogen and oxygen atoms in total. The van der Waals surface area contributed by atoms with E-state index in [1.54, 1.807) is 11.8 Å². The summed E-state index contributed by atoms with van der Waals surface area (Å²) >= 11 is 1.55. The van der Waals surface area contributed by atoms with Crippen LogP contribution in [0.1, 0.15) is 31.7 Å². The van der Waals surface area contributed by atoms with Crippen LogP contribution in [-0.4, -0.2) is 24.7 Å². The lowest BCUT2D eigenvalue weighted by Crippen LogP contribution is -2.27. The summed E-state index contributed by atoms with van der Waals surface area (Å²) in [5.74, 6) is -0.938. The highest BCUT2D eigenvalue weighted by Crippen LogP contribution is 2.28. The average Bonchev–Trinajstić information content (AvgIpc) is 2.67. The number of benzene rings is 2. The normalized spacial score (nSPS) is 12.9. The second kappa shape index (κ2) is 10.0. The van der Waals surface area contributed by atoms with Gasteiger partial charge in [-0.2, -0.15) is 0 Å². The van der Waals surface area contributed by atoms with E-state index >= 15 is 0 Å². The molecule has 0 aliphatic carbocycles. The first-order chi connectivity index (χ1) is 12.6. The molecule has 2 rings (SSSR count). The Labute approximate surface area is 159 Å². The lowest BCUT2D eigenvalue weighted by Gasteiger charge is -2.21. The van der Waals surface area contributed by atoms with Gasteiger partial charge in [0.2, 0.25) is 0 Å². The minimum atomic E-state index is -0.368. The van der Waals surface area contributed by atoms with Gasteiger partial charge in [0.05, 0.1) is 11.6 Å². The van der Waals surface area contributed by atoms with E-state index in [-0.39, 0.29) is 30.3 Å². The summed E-state index contributed by atoms with van der Waals surface area (Å²) in [6.45, 7) is 3.77. The number of esters is 1. The van der Waals surface area contributed by atoms with Gasteiger partial charge >= 0.3 is 5.97 Å². The van der Waals surface area contributed by atoms with E-state index in [0.29, 0.717) is 0 Å². The lowest BCUT2D eigenvalue weighted by molar-refractivity contribution is -0.150. The molecule has 2 atom stereocenters. The number of carbonyl (C=O) groups is 2. The number of amides is 1. The molecule has 0 aromatic heterocycles. The zero-order chi connectivity index (χ0) is 18.9. The molecular weight excluding hydrogens is 346 g/mol. The zero-order valence-corrected chi connectivity index (χ0v) is 16.2. The van der Waals surface area contributed by atoms with Gasteiger partial charge in [-0.25, -0.2) is 0 Å². The van der Waals surface area contributed by atoms with Gasteiger partial charge in [0.25, 0.3) is 5.91 Å². The number of carbonyl (C=O) groups excluding carboxylic acids is 2. The Bertz CT molecular complexity index is 733. The molecule has 1 N–H and O–H groups in total. The van der Waals surface area contributed by atoms with Crippen molar-refractivity contribution in [3.8, 4) is 0 Å². The molecule has 0 saturated carbocycles. The summed E-state index contributed by atoms with van der Waals surface area (Å²) in [6.07, 6.45) is 2.80. The van der Waals surface area contributed by atoms with E-state index in [4.69, 9.17) is 4.74 Å². The Morgan fingerprint density at radius 2 is 1.73 bits per heavy atom. The standard InChI is InChI=1S/C21H25NO3S/c1-4-15(2)20(16-10-6-5-7-11-16)21(24)25-14-19(23)22-17-12-8-9-13-18(17)26-3/h5-13,15,20H,4,14H2,1-3H3,(H,22,23)/t15-,20+/m1/s1. The summed E-state index contributed by atoms with van der Waals surface area (Å²) in [6, 6.07) is 17.1. The Morgan fingerprint density at radius 1 is 1.08 bits per heavy atom. The number of hydrogen-bond donors (Lipinski definition) is 1. The van der Waals surface area contributed by atoms with Crippen LogP contribution in [0, 0.1) is 5.92 Å². The van der Waals surface area contributed by atoms with E-state index in [0.717, 1.165) is 22.6 Å². The van der Waals surface area contributed by atoms with Crippen molar-refractivity contribution in [2.24, 2.45) is 5.92 Å². The fourth-order valence-corrected chi connectivity index (χ4v) is 3.31. The predicted octanol–water partition coefficient (Wildman–Crippen LogP) is 4.72. The average molecular weight is 372 g/mol. The highest BCUT2D eigenvalue weighted by atomic mass is 32.2. The maximum absolute atomic E-state index is 12.6. The first-order valence-corrected chi connectivity index (χ1v) is 9.93. The third-order valence-corrected chi connectivity index (χ3v) is 5.15. The third kappa shape index (κ3) is 5.36. The second-order valence-corrected chi connectivity index (χ2v) is 6.98. The number of thioether (sulfide) groups is 1. The first kappa shape index (κ1) is 20.0. The van der Waals surface area contributed by atoms with Gasteiger partial charge in [0.1, 0.15) is 0 Å². The number of ether oxygens (including phenoxy) is 1. The molecule has 0 radical (unpaired) electrons. The van der Waals surface area contributed by atoms with Crippen molar-refractivity contribution < 1.29 is 14.3 Å². The van der Waals surface area contributed by atoms with Crippen LogP contribution in [0.3, 0.4) is 0 Å². The summed E-state index contributed by atoms with van der Waals surface area (Å²) < 4.78 is 5.33. The van der Waals surface area contributed by atoms with Gasteiger partial charge in [-0.3, -0.25) is 9.59 Å². The molecule has 26 heavy (non-hydrogen) atoms. The molecular formula is C21H25NO3S. The number of rotatable bonds is 8. The van der Waals surface area contributed by atoms with Crippen molar-refractivity contribution in [2.45, 2.75) is 31.1 Å². The van der Waals surface area contributed by atoms with Crippen LogP contribution >= 0.6 is 11.8 Å². The monoisotopic (exact) mass is 371 g/mol. The predicted molar refractivity (Wildman–Crippen MR) is 106 cm³/mol. The Morgan fingerprint density at radius 3 is 2.38 bits per heavy atom. The quantitative estimate of drug-likeness (QED) is 0.539. The van der Waals surface area contributed by atoms with E-state index in [1.807, 2.05) is 74.7 Å². The Kier molecular flexibility index (Phi) is 7.73. The fraction of sp³-hybridized carbons (Fsp3) is 0.333. The summed E-state index contributed by atoms with van der Waals surface area (Å²) in [4.78, 5) is 25.8. The largest absolute Gasteiger partial charge is 0.455 e. The molecule has 0 saturated heterocycles. The number of nitrogens with one attached hydrogen (secondary N) is 1. The van der Waals surface area contributed by atoms with Gasteiger partial charge in [-0.15, -0.1) is 11.8 Å². The maximum Gasteiger partial charge on any atom is 0.314 e. The molecule has 2 aromatic rings. The second-order valence-electron chi connectivity index (χ2n) is 6.13. The third-order valence-electron chi connectivity index (χ3n) is 4.35. The van der Waals surface area contributed by atoms with Crippen molar-refractivity contribution in [1.29, 1.82) is 0 Å². The molecule has 1 amide bonds. The van der Waals surface area contributed by atoms with Crippen LogP contribution in [0.4, 0.5) is 5.69 Å². The van der Waals surface area contributed by atoms with E-state index in [9.17, 15) is 9.59 Å². The molecule has 0 bridgehead atoms. The summed E-state index contributed by atoms with van der Waals surface area (Å²) in [5, 5.41) is 2.80. The number of para-hydroxylation sites is 1. The smallest absolute Gasteiger partial charge is 0.314 e. The topological polar surface area (TPSA) is 55.4 Å². The maximum atomic E-state index is 12.6. The fourth-order valence-electron chi connectivity index (χ4n) is 2.75. The van der Waals surface area contributed by atoms with Crippen molar-refractivity contribution in [1.82, 2.24) is 0 Å². The van der Waals surface area contributed by atoms with Crippen LogP contribution in [-0.2, 0) is 14.3 Å². The van der Waals surface area contributed by atoms with Gasteiger partial charge in [-0.05, 0) is 29.9 Å². The molecule has 0 heterocycles. The molecule has 0 spiro atoms. The zero-order valence-electron chi connectivity index (χ0n) is 15.4. The highest BCUT2D eigenvalue weighted by molar-refractivity contribution is 7.98. The molecule has 0 aliphatic heterocycles. The SMILES string of the molecule is CC[C@@H](C)[C@H](C(=O)OCC(=O)Nc1ccccc1SC)c1ccccc1. The highest BCUT2D eigenvalue weighted by Gasteiger charge is 2.27. The van der Waals surface area contributed by atoms with Crippen LogP contribution in [0.5, 0.6) is 0 Å². The van der Waals surface area contributed by atoms with Gasteiger partial charge in [0, 0.05) is 4.90 Å². The molecule has 0 unspecified atom stereocenters. The van der Waals surface area contributed by atoms with Crippen molar-refractivity contribution in [2.75, 3.05) is 18.2 Å². The van der Waals surface area contributed by atoms with Gasteiger partial charge in [0.15, 0.2) is 6.61 Å². The Hall–Kier alpha value is -2.27. The van der Waals surface area contributed by atoms with Crippen LogP contribution in [0.15, 0.2) is 59.5 Å². The van der Waals surface area contributed by atoms with Gasteiger partial charge < -0.3 is 10.1 Å². The Balaban J connectivity index is 2.00. The van der Waals surface area contributed by atoms with Gasteiger partial charge in [-0.1, -0.05) is 62.7 Å². The lowest BCUT2D eigenvalue weighted by atomic mass is 9.86. The van der Waals surface area contributed by atoms with Crippen molar-refractivity contribution >= 4 is 29.3 Å². The number of hydrogen-bond acceptors (Lipinski definition) is 4. The van der Waals surface area contributed by atoms with E-state index in [2.05, 4.69) is 5.32 Å². The van der Waals surface area contributed by atoms with Crippen LogP contribution in [0.25, 0.3) is 0 Å². The molecule has 0 fully saturated rings. The van der Waals surface area contributed by atoms with E-state index in [1.165, 1.54) is 0 Å². The van der Waals surface area contributed by atoms with Crippen molar-refractivity contribution in [3.63, 3.8) is 0 Å². The van der Waals surface area contributed by atoms with Crippen molar-refractivity contribution in [3.05, 3.63) is 60.2 Å². The number of anilines is 1. The minimum Gasteiger partial charge on any atom is -0.455 e. The summed E-state index contributed by atoms with van der Waals surface area (Å²) in [7, 11) is 0. The van der Waals surface area contributed by atoms with Crippen LogP contribution < -0.4 is 5.32 Å². The molecule has 0 aliphatic rings. The van der Waals surface area contributed by atoms with Crippen LogP contribution in [0.2, 0.25) is 0 Å². The summed E-state index contributed by atoms with van der Waals surface area (Å²) in [5.41, 5.74) is 1.64. The van der Waals surface area contributed by atoms with E-state index < -0.39 is 0 Å².